The number of nitrogens with zero attached hydrogens (tertiary/aromatic N) is 2. The number of carboxylic acids is 1. The van der Waals surface area contributed by atoms with Crippen molar-refractivity contribution in [3.05, 3.63) is 65.2 Å². The Kier molecular flexibility index (Phi) is 5.57. The van der Waals surface area contributed by atoms with Gasteiger partial charge in [0, 0.05) is 10.4 Å². The van der Waals surface area contributed by atoms with Crippen molar-refractivity contribution in [1.29, 1.82) is 0 Å². The van der Waals surface area contributed by atoms with E-state index in [9.17, 15) is 15.0 Å². The van der Waals surface area contributed by atoms with Crippen molar-refractivity contribution in [2.24, 2.45) is 10.2 Å². The summed E-state index contributed by atoms with van der Waals surface area (Å²) < 4.78 is 0. The molecule has 3 aromatic rings. The zero-order valence-corrected chi connectivity index (χ0v) is 13.7. The quantitative estimate of drug-likeness (QED) is 0.509. The van der Waals surface area contributed by atoms with E-state index in [1.54, 1.807) is 48.5 Å². The summed E-state index contributed by atoms with van der Waals surface area (Å²) in [5, 5.41) is 33.0. The summed E-state index contributed by atoms with van der Waals surface area (Å²) in [7, 11) is 0. The molecule has 3 aromatic carbocycles. The number of azo groups is 1. The first-order chi connectivity index (χ1) is 11.1. The third kappa shape index (κ3) is 3.57. The largest absolute Gasteiger partial charge is 2.00 e. The second kappa shape index (κ2) is 7.45. The van der Waals surface area contributed by atoms with Crippen LogP contribution in [0.4, 0.5) is 11.4 Å². The zero-order valence-electron chi connectivity index (χ0n) is 12.0. The number of rotatable bonds is 3. The third-order valence-corrected chi connectivity index (χ3v) is 3.54. The van der Waals surface area contributed by atoms with Crippen molar-refractivity contribution in [3.63, 3.8) is 0 Å². The predicted octanol–water partition coefficient (Wildman–Crippen LogP) is 3.34. The smallest absolute Gasteiger partial charge is 0.871 e. The first-order valence-corrected chi connectivity index (χ1v) is 7.05. The molecule has 0 aromatic heterocycles. The molecule has 0 amide bonds. The van der Waals surface area contributed by atoms with Crippen LogP contribution in [-0.4, -0.2) is 5.97 Å². The molecule has 0 aliphatic heterocycles. The fourth-order valence-corrected chi connectivity index (χ4v) is 2.30. The van der Waals surface area contributed by atoms with Crippen LogP contribution in [0, 0.1) is 0 Å². The van der Waals surface area contributed by atoms with E-state index in [1.807, 2.05) is 0 Å². The summed E-state index contributed by atoms with van der Waals surface area (Å²) in [5.41, 5.74) is 0.0303. The summed E-state index contributed by atoms with van der Waals surface area (Å²) in [6.45, 7) is 0. The van der Waals surface area contributed by atoms with Crippen molar-refractivity contribution in [2.45, 2.75) is 0 Å². The van der Waals surface area contributed by atoms with Crippen LogP contribution in [-0.2, 0) is 17.1 Å². The van der Waals surface area contributed by atoms with Gasteiger partial charge in [-0.1, -0.05) is 41.6 Å². The Morgan fingerprint density at radius 1 is 1.00 bits per heavy atom. The molecule has 0 saturated heterocycles. The summed E-state index contributed by atoms with van der Waals surface area (Å²) >= 11 is 5.79. The number of carbonyl (C=O) groups excluding carboxylic acids is 1. The molecule has 3 rings (SSSR count). The standard InChI is InChI=1S/C17H11ClN2O3.Cu/c18-11-5-7-12(8-6-11)19-20-15-13-4-2-1-3-10(13)9-14(16(15)21)17(22)23;/h1-9,21H,(H,22,23);/q;+2/p-2. The molecule has 0 fully saturated rings. The van der Waals surface area contributed by atoms with Crippen LogP contribution in [0.1, 0.15) is 10.4 Å². The van der Waals surface area contributed by atoms with E-state index >= 15 is 0 Å². The van der Waals surface area contributed by atoms with Gasteiger partial charge in [0.15, 0.2) is 0 Å². The topological polar surface area (TPSA) is 87.9 Å². The van der Waals surface area contributed by atoms with Crippen molar-refractivity contribution in [1.82, 2.24) is 0 Å². The maximum atomic E-state index is 12.3. The number of halogens is 1. The summed E-state index contributed by atoms with van der Waals surface area (Å²) in [4.78, 5) is 11.1. The van der Waals surface area contributed by atoms with Crippen molar-refractivity contribution in [3.8, 4) is 5.75 Å². The Bertz CT molecular complexity index is 927. The monoisotopic (exact) mass is 387 g/mol. The molecule has 0 aliphatic rings. The van der Waals surface area contributed by atoms with E-state index in [0.717, 1.165) is 0 Å². The van der Waals surface area contributed by atoms with Gasteiger partial charge in [0.2, 0.25) is 0 Å². The molecular formula is C17H9ClCuN2O3. The number of carboxylic acid groups (broad SMARTS) is 1. The molecule has 0 saturated carbocycles. The second-order valence-corrected chi connectivity index (χ2v) is 5.22. The van der Waals surface area contributed by atoms with E-state index < -0.39 is 17.3 Å². The van der Waals surface area contributed by atoms with Crippen LogP contribution in [0.2, 0.25) is 5.02 Å². The summed E-state index contributed by atoms with van der Waals surface area (Å²) in [5.74, 6) is -2.26. The van der Waals surface area contributed by atoms with Crippen LogP contribution in [0.25, 0.3) is 10.8 Å². The van der Waals surface area contributed by atoms with Gasteiger partial charge < -0.3 is 15.0 Å². The van der Waals surface area contributed by atoms with Gasteiger partial charge >= 0.3 is 17.1 Å². The fraction of sp³-hybridized carbons (Fsp3) is 0. The van der Waals surface area contributed by atoms with Gasteiger partial charge in [-0.25, -0.2) is 0 Å². The molecular weight excluding hydrogens is 379 g/mol. The molecule has 0 unspecified atom stereocenters. The molecule has 0 heterocycles. The van der Waals surface area contributed by atoms with E-state index in [2.05, 4.69) is 10.2 Å². The van der Waals surface area contributed by atoms with Gasteiger partial charge in [0.1, 0.15) is 0 Å². The van der Waals surface area contributed by atoms with Gasteiger partial charge in [0.05, 0.1) is 17.3 Å². The molecule has 0 N–H and O–H groups in total. The minimum Gasteiger partial charge on any atom is -0.871 e. The Balaban J connectivity index is 0.00000208. The summed E-state index contributed by atoms with van der Waals surface area (Å²) in [6, 6.07) is 14.7. The van der Waals surface area contributed by atoms with Crippen LogP contribution in [0.5, 0.6) is 5.75 Å². The minimum absolute atomic E-state index is 0. The fourth-order valence-electron chi connectivity index (χ4n) is 2.18. The van der Waals surface area contributed by atoms with Crippen LogP contribution in [0.15, 0.2) is 64.8 Å². The molecule has 123 valence electrons. The SMILES string of the molecule is O=C([O-])c1cc2ccccc2c(N=Nc2ccc(Cl)cc2)c1[O-].[Cu+2]. The predicted molar refractivity (Wildman–Crippen MR) is 83.4 cm³/mol. The number of hydrogen-bond acceptors (Lipinski definition) is 5. The Labute approximate surface area is 153 Å². The average molecular weight is 388 g/mol. The van der Waals surface area contributed by atoms with Crippen LogP contribution >= 0.6 is 11.6 Å². The average Bonchev–Trinajstić information content (AvgIpc) is 2.55. The number of fused-ring (bicyclic) bond motifs is 1. The molecule has 0 aliphatic carbocycles. The first-order valence-electron chi connectivity index (χ1n) is 6.67. The zero-order chi connectivity index (χ0) is 16.4. The Morgan fingerprint density at radius 3 is 2.33 bits per heavy atom. The van der Waals surface area contributed by atoms with Crippen molar-refractivity contribution < 1.29 is 32.1 Å². The van der Waals surface area contributed by atoms with E-state index in [1.165, 1.54) is 6.07 Å². The van der Waals surface area contributed by atoms with Crippen LogP contribution in [0.3, 0.4) is 0 Å². The number of benzene rings is 3. The minimum atomic E-state index is -1.54. The van der Waals surface area contributed by atoms with E-state index in [-0.39, 0.29) is 22.8 Å². The van der Waals surface area contributed by atoms with Gasteiger partial charge in [0.25, 0.3) is 0 Å². The van der Waals surface area contributed by atoms with Gasteiger partial charge in [-0.15, -0.1) is 0 Å². The molecule has 5 nitrogen and oxygen atoms in total. The number of carbonyl (C=O) groups is 1. The van der Waals surface area contributed by atoms with Gasteiger partial charge in [-0.05, 0) is 41.3 Å². The molecule has 0 atom stereocenters. The molecule has 24 heavy (non-hydrogen) atoms. The van der Waals surface area contributed by atoms with Crippen LogP contribution < -0.4 is 10.2 Å². The van der Waals surface area contributed by atoms with E-state index in [4.69, 9.17) is 11.6 Å². The van der Waals surface area contributed by atoms with Crippen molar-refractivity contribution >= 4 is 39.7 Å². The molecule has 1 radical (unpaired) electrons. The molecule has 0 spiro atoms. The summed E-state index contributed by atoms with van der Waals surface area (Å²) in [6.07, 6.45) is 0. The van der Waals surface area contributed by atoms with Gasteiger partial charge in [-0.2, -0.15) is 10.2 Å². The normalized spacial score (nSPS) is 10.7. The molecule has 7 heteroatoms. The van der Waals surface area contributed by atoms with E-state index in [0.29, 0.717) is 21.5 Å². The number of hydrogen-bond donors (Lipinski definition) is 0. The maximum Gasteiger partial charge on any atom is 2.00 e. The maximum absolute atomic E-state index is 12.3. The van der Waals surface area contributed by atoms with Crippen molar-refractivity contribution in [2.75, 3.05) is 0 Å². The number of aromatic carboxylic acids is 1. The first kappa shape index (κ1) is 17.9. The second-order valence-electron chi connectivity index (χ2n) is 4.79. The van der Waals surface area contributed by atoms with Gasteiger partial charge in [-0.3, -0.25) is 0 Å². The Morgan fingerprint density at radius 2 is 1.67 bits per heavy atom. The Hall–Kier alpha value is -2.40. The molecule has 0 bridgehead atoms. The third-order valence-electron chi connectivity index (χ3n) is 3.29.